The van der Waals surface area contributed by atoms with Crippen LogP contribution < -0.4 is 5.73 Å². The number of aliphatic imine (C=N–C) groups is 1. The predicted molar refractivity (Wildman–Crippen MR) is 104 cm³/mol. The van der Waals surface area contributed by atoms with Crippen molar-refractivity contribution in [3.8, 4) is 0 Å². The lowest BCUT2D eigenvalue weighted by Gasteiger charge is -2.30. The average molecular weight is 362 g/mol. The Morgan fingerprint density at radius 3 is 2.46 bits per heavy atom. The summed E-state index contributed by atoms with van der Waals surface area (Å²) in [5, 5.41) is 0.784. The Labute approximate surface area is 153 Å². The average Bonchev–Trinajstić information content (AvgIpc) is 3.09. The third kappa shape index (κ3) is 3.11. The molecule has 2 aliphatic heterocycles. The number of amidine groups is 1. The topological polar surface area (TPSA) is 41.6 Å². The maximum Gasteiger partial charge on any atom is 0.131 e. The first-order chi connectivity index (χ1) is 11.2. The second kappa shape index (κ2) is 7.04. The molecule has 2 N–H and O–H groups in total. The summed E-state index contributed by atoms with van der Waals surface area (Å²) >= 11 is 6.29. The molecule has 0 radical (unpaired) electrons. The number of fused-ring (bicyclic) bond motifs is 1. The van der Waals surface area contributed by atoms with E-state index in [1.807, 2.05) is 18.2 Å². The Morgan fingerprint density at radius 2 is 1.75 bits per heavy atom. The second-order valence-corrected chi connectivity index (χ2v) is 6.75. The standard InChI is InChI=1S/C19H20ClN3.ClH/c20-14-5-8-16-17(11-14)18(13-3-6-15(21)7-4-13)12-22-19(16)23-9-1-2-10-23;/h3-8,11,18H,1-2,9-10,12,21H2;1H. The fraction of sp³-hybridized carbons (Fsp3) is 0.316. The van der Waals surface area contributed by atoms with Gasteiger partial charge < -0.3 is 10.6 Å². The number of nitrogens with two attached hydrogens (primary N) is 1. The van der Waals surface area contributed by atoms with Gasteiger partial charge in [0.2, 0.25) is 0 Å². The molecule has 1 fully saturated rings. The van der Waals surface area contributed by atoms with Crippen molar-refractivity contribution in [2.45, 2.75) is 18.8 Å². The van der Waals surface area contributed by atoms with Crippen LogP contribution in [0, 0.1) is 0 Å². The highest BCUT2D eigenvalue weighted by Gasteiger charge is 2.28. The highest BCUT2D eigenvalue weighted by Crippen LogP contribution is 2.35. The Bertz CT molecular complexity index is 750. The summed E-state index contributed by atoms with van der Waals surface area (Å²) < 4.78 is 0. The number of anilines is 1. The van der Waals surface area contributed by atoms with Crippen LogP contribution in [0.15, 0.2) is 47.5 Å². The molecule has 0 spiro atoms. The van der Waals surface area contributed by atoms with Gasteiger partial charge in [-0.2, -0.15) is 0 Å². The van der Waals surface area contributed by atoms with Crippen molar-refractivity contribution < 1.29 is 0 Å². The maximum atomic E-state index is 6.29. The Kier molecular flexibility index (Phi) is 5.02. The Balaban J connectivity index is 0.00000169. The largest absolute Gasteiger partial charge is 0.399 e. The number of rotatable bonds is 1. The van der Waals surface area contributed by atoms with E-state index in [1.54, 1.807) is 0 Å². The molecule has 2 aliphatic rings. The summed E-state index contributed by atoms with van der Waals surface area (Å²) in [6.45, 7) is 2.98. The number of halogens is 2. The highest BCUT2D eigenvalue weighted by atomic mass is 35.5. The van der Waals surface area contributed by atoms with Gasteiger partial charge in [0, 0.05) is 35.3 Å². The van der Waals surface area contributed by atoms with Crippen LogP contribution >= 0.6 is 24.0 Å². The van der Waals surface area contributed by atoms with Gasteiger partial charge in [0.1, 0.15) is 5.84 Å². The highest BCUT2D eigenvalue weighted by molar-refractivity contribution is 6.30. The van der Waals surface area contributed by atoms with E-state index in [2.05, 4.69) is 29.2 Å². The number of nitrogens with zero attached hydrogens (tertiary/aromatic N) is 2. The number of benzene rings is 2. The Morgan fingerprint density at radius 1 is 1.04 bits per heavy atom. The van der Waals surface area contributed by atoms with Crippen LogP contribution in [0.1, 0.15) is 35.4 Å². The first kappa shape index (κ1) is 17.1. The molecule has 0 amide bonds. The molecule has 1 saturated heterocycles. The van der Waals surface area contributed by atoms with E-state index in [4.69, 9.17) is 22.3 Å². The van der Waals surface area contributed by atoms with Crippen molar-refractivity contribution in [3.05, 3.63) is 64.2 Å². The van der Waals surface area contributed by atoms with Crippen molar-refractivity contribution in [1.82, 2.24) is 4.90 Å². The summed E-state index contributed by atoms with van der Waals surface area (Å²) in [5.74, 6) is 1.39. The molecule has 4 rings (SSSR count). The molecule has 2 heterocycles. The Hall–Kier alpha value is -1.71. The minimum atomic E-state index is 0. The summed E-state index contributed by atoms with van der Waals surface area (Å²) in [6, 6.07) is 14.3. The molecule has 3 nitrogen and oxygen atoms in total. The minimum absolute atomic E-state index is 0. The quantitative estimate of drug-likeness (QED) is 0.767. The maximum absolute atomic E-state index is 6.29. The van der Waals surface area contributed by atoms with Gasteiger partial charge in [-0.05, 0) is 54.3 Å². The van der Waals surface area contributed by atoms with Crippen molar-refractivity contribution >= 4 is 35.5 Å². The van der Waals surface area contributed by atoms with E-state index in [0.29, 0.717) is 0 Å². The van der Waals surface area contributed by atoms with E-state index in [1.165, 1.54) is 29.5 Å². The molecule has 0 aliphatic carbocycles. The van der Waals surface area contributed by atoms with Crippen LogP contribution in [-0.4, -0.2) is 30.4 Å². The third-order valence-corrected chi connectivity index (χ3v) is 5.03. The smallest absolute Gasteiger partial charge is 0.131 e. The molecular formula is C19H21Cl2N3. The molecule has 2 aromatic rings. The van der Waals surface area contributed by atoms with Gasteiger partial charge >= 0.3 is 0 Å². The molecule has 5 heteroatoms. The zero-order valence-electron chi connectivity index (χ0n) is 13.4. The van der Waals surface area contributed by atoms with Crippen molar-refractivity contribution in [2.75, 3.05) is 25.4 Å². The van der Waals surface area contributed by atoms with Gasteiger partial charge in [-0.25, -0.2) is 0 Å². The van der Waals surface area contributed by atoms with Gasteiger partial charge in [0.15, 0.2) is 0 Å². The van der Waals surface area contributed by atoms with Gasteiger partial charge in [-0.15, -0.1) is 12.4 Å². The SMILES string of the molecule is Cl.Nc1ccc(C2CN=C(N3CCCC3)c3ccc(Cl)cc32)cc1. The van der Waals surface area contributed by atoms with Crippen LogP contribution in [0.4, 0.5) is 5.69 Å². The molecule has 0 saturated carbocycles. The fourth-order valence-electron chi connectivity index (χ4n) is 3.60. The molecule has 2 aromatic carbocycles. The zero-order chi connectivity index (χ0) is 15.8. The van der Waals surface area contributed by atoms with E-state index in [-0.39, 0.29) is 18.3 Å². The lowest BCUT2D eigenvalue weighted by Crippen LogP contribution is -2.33. The van der Waals surface area contributed by atoms with Crippen molar-refractivity contribution in [3.63, 3.8) is 0 Å². The first-order valence-electron chi connectivity index (χ1n) is 8.17. The molecule has 1 unspecified atom stereocenters. The van der Waals surface area contributed by atoms with E-state index in [0.717, 1.165) is 36.2 Å². The first-order valence-corrected chi connectivity index (χ1v) is 8.55. The fourth-order valence-corrected chi connectivity index (χ4v) is 3.78. The van der Waals surface area contributed by atoms with Gasteiger partial charge in [0.05, 0.1) is 6.54 Å². The summed E-state index contributed by atoms with van der Waals surface area (Å²) in [6.07, 6.45) is 2.51. The molecule has 0 aromatic heterocycles. The third-order valence-electron chi connectivity index (χ3n) is 4.80. The molecule has 126 valence electrons. The molecule has 24 heavy (non-hydrogen) atoms. The van der Waals surface area contributed by atoms with Gasteiger partial charge in [0.25, 0.3) is 0 Å². The van der Waals surface area contributed by atoms with Crippen LogP contribution in [0.25, 0.3) is 0 Å². The number of hydrogen-bond acceptors (Lipinski definition) is 3. The van der Waals surface area contributed by atoms with Crippen LogP contribution in [-0.2, 0) is 0 Å². The van der Waals surface area contributed by atoms with Crippen molar-refractivity contribution in [1.29, 1.82) is 0 Å². The predicted octanol–water partition coefficient (Wildman–Crippen LogP) is 4.33. The molecule has 0 bridgehead atoms. The zero-order valence-corrected chi connectivity index (χ0v) is 15.0. The van der Waals surface area contributed by atoms with Crippen molar-refractivity contribution in [2.24, 2.45) is 4.99 Å². The number of nitrogen functional groups attached to an aromatic ring is 1. The van der Waals surface area contributed by atoms with E-state index >= 15 is 0 Å². The van der Waals surface area contributed by atoms with E-state index in [9.17, 15) is 0 Å². The summed E-state index contributed by atoms with van der Waals surface area (Å²) in [5.41, 5.74) is 10.4. The monoisotopic (exact) mass is 361 g/mol. The summed E-state index contributed by atoms with van der Waals surface area (Å²) in [4.78, 5) is 7.34. The van der Waals surface area contributed by atoms with Gasteiger partial charge in [-0.1, -0.05) is 23.7 Å². The van der Waals surface area contributed by atoms with Crippen LogP contribution in [0.5, 0.6) is 0 Å². The summed E-state index contributed by atoms with van der Waals surface area (Å²) in [7, 11) is 0. The lowest BCUT2D eigenvalue weighted by atomic mass is 9.85. The number of hydrogen-bond donors (Lipinski definition) is 1. The van der Waals surface area contributed by atoms with Crippen LogP contribution in [0.3, 0.4) is 0 Å². The normalized spacial score (nSPS) is 19.5. The lowest BCUT2D eigenvalue weighted by molar-refractivity contribution is 0.513. The van der Waals surface area contributed by atoms with E-state index < -0.39 is 0 Å². The minimum Gasteiger partial charge on any atom is -0.399 e. The number of likely N-dealkylation sites (tertiary alicyclic amines) is 1. The molecule has 1 atom stereocenters. The second-order valence-electron chi connectivity index (χ2n) is 6.31. The van der Waals surface area contributed by atoms with Gasteiger partial charge in [-0.3, -0.25) is 4.99 Å². The van der Waals surface area contributed by atoms with Crippen LogP contribution in [0.2, 0.25) is 5.02 Å². The molecular weight excluding hydrogens is 341 g/mol.